The Bertz CT molecular complexity index is 448. The lowest BCUT2D eigenvalue weighted by Crippen LogP contribution is -2.45. The number of hydrazone groups is 1. The van der Waals surface area contributed by atoms with Gasteiger partial charge in [0.2, 0.25) is 0 Å². The van der Waals surface area contributed by atoms with Crippen LogP contribution in [0.1, 0.15) is 67.2 Å². The Balaban J connectivity index is 2.58. The number of nitrogens with zero attached hydrogens (tertiary/aromatic N) is 1. The van der Waals surface area contributed by atoms with Crippen molar-refractivity contribution < 1.29 is 14.0 Å². The second kappa shape index (κ2) is 7.34. The van der Waals surface area contributed by atoms with Gasteiger partial charge in [0.1, 0.15) is 5.60 Å². The number of carbonyl (C=O) groups is 1. The largest absolute Gasteiger partial charge is 0.443 e. The third-order valence-corrected chi connectivity index (χ3v) is 8.96. The van der Waals surface area contributed by atoms with Crippen molar-refractivity contribution in [3.8, 4) is 0 Å². The minimum Gasteiger partial charge on any atom is -0.443 e. The number of carbonyl (C=O) groups excluding carboxylic acids is 1. The molecule has 0 bridgehead atoms. The van der Waals surface area contributed by atoms with Crippen LogP contribution in [0.2, 0.25) is 18.1 Å². The zero-order valence-electron chi connectivity index (χ0n) is 16.1. The molecule has 0 aliphatic heterocycles. The SMILES string of the molecule is CC(C)(C)OC(=O)NN=C1CCCC(O[Si](C)(C)C(C)(C)C)C1. The Morgan fingerprint density at radius 3 is 2.35 bits per heavy atom. The van der Waals surface area contributed by atoms with Crippen LogP contribution in [0.25, 0.3) is 0 Å². The highest BCUT2D eigenvalue weighted by Gasteiger charge is 2.39. The van der Waals surface area contributed by atoms with Crippen molar-refractivity contribution in [3.05, 3.63) is 0 Å². The molecule has 134 valence electrons. The number of hydrogen-bond acceptors (Lipinski definition) is 4. The van der Waals surface area contributed by atoms with Gasteiger partial charge in [-0.3, -0.25) is 0 Å². The molecular weight excluding hydrogens is 308 g/mol. The van der Waals surface area contributed by atoms with Crippen molar-refractivity contribution in [1.29, 1.82) is 0 Å². The fourth-order valence-electron chi connectivity index (χ4n) is 2.22. The quantitative estimate of drug-likeness (QED) is 0.590. The fraction of sp³-hybridized carbons (Fsp3) is 0.882. The maximum atomic E-state index is 11.7. The standard InChI is InChI=1S/C17H34N2O3Si/c1-16(2,3)21-15(20)19-18-13-10-9-11-14(12-13)22-23(7,8)17(4,5)6/h14H,9-12H2,1-8H3,(H,19,20). The van der Waals surface area contributed by atoms with Gasteiger partial charge >= 0.3 is 6.09 Å². The summed E-state index contributed by atoms with van der Waals surface area (Å²) in [5, 5.41) is 4.44. The number of nitrogens with one attached hydrogen (secondary N) is 1. The highest BCUT2D eigenvalue weighted by Crippen LogP contribution is 2.38. The molecular formula is C17H34N2O3Si. The number of ether oxygens (including phenoxy) is 1. The molecule has 1 N–H and O–H groups in total. The second-order valence-corrected chi connectivity index (χ2v) is 13.6. The summed E-state index contributed by atoms with van der Waals surface area (Å²) < 4.78 is 11.7. The molecule has 1 amide bonds. The maximum absolute atomic E-state index is 11.7. The molecule has 1 aliphatic carbocycles. The summed E-state index contributed by atoms with van der Waals surface area (Å²) in [5.41, 5.74) is 2.99. The van der Waals surface area contributed by atoms with Gasteiger partial charge in [-0.2, -0.15) is 5.10 Å². The monoisotopic (exact) mass is 342 g/mol. The van der Waals surface area contributed by atoms with Gasteiger partial charge in [-0.05, 0) is 58.2 Å². The molecule has 0 aromatic rings. The lowest BCUT2D eigenvalue weighted by atomic mass is 9.96. The Morgan fingerprint density at radius 2 is 1.83 bits per heavy atom. The van der Waals surface area contributed by atoms with Gasteiger partial charge in [-0.15, -0.1) is 0 Å². The van der Waals surface area contributed by atoms with Crippen LogP contribution in [0.15, 0.2) is 5.10 Å². The first-order valence-electron chi connectivity index (χ1n) is 8.52. The van der Waals surface area contributed by atoms with E-state index >= 15 is 0 Å². The highest BCUT2D eigenvalue weighted by atomic mass is 28.4. The highest BCUT2D eigenvalue weighted by molar-refractivity contribution is 6.74. The van der Waals surface area contributed by atoms with Crippen LogP contribution in [0, 0.1) is 0 Å². The van der Waals surface area contributed by atoms with Gasteiger partial charge in [0.15, 0.2) is 8.32 Å². The van der Waals surface area contributed by atoms with Crippen molar-refractivity contribution >= 4 is 20.1 Å². The van der Waals surface area contributed by atoms with Gasteiger partial charge in [0, 0.05) is 12.1 Å². The molecule has 1 aliphatic rings. The molecule has 0 aromatic heterocycles. The van der Waals surface area contributed by atoms with E-state index in [-0.39, 0.29) is 11.1 Å². The number of rotatable bonds is 3. The van der Waals surface area contributed by atoms with E-state index in [2.05, 4.69) is 44.4 Å². The molecule has 0 radical (unpaired) electrons. The molecule has 1 saturated carbocycles. The van der Waals surface area contributed by atoms with Crippen molar-refractivity contribution in [2.24, 2.45) is 5.10 Å². The first kappa shape index (κ1) is 20.2. The zero-order chi connectivity index (χ0) is 17.9. The summed E-state index contributed by atoms with van der Waals surface area (Å²) in [6, 6.07) is 0. The molecule has 0 saturated heterocycles. The third kappa shape index (κ3) is 7.04. The lowest BCUT2D eigenvalue weighted by molar-refractivity contribution is 0.0528. The van der Waals surface area contributed by atoms with E-state index < -0.39 is 20.0 Å². The van der Waals surface area contributed by atoms with Gasteiger partial charge in [-0.1, -0.05) is 20.8 Å². The molecule has 5 nitrogen and oxygen atoms in total. The Kier molecular flexibility index (Phi) is 6.44. The van der Waals surface area contributed by atoms with E-state index in [1.165, 1.54) is 0 Å². The second-order valence-electron chi connectivity index (χ2n) is 8.89. The number of hydrogen-bond donors (Lipinski definition) is 1. The van der Waals surface area contributed by atoms with Crippen LogP contribution in [0.5, 0.6) is 0 Å². The first-order chi connectivity index (χ1) is 10.3. The van der Waals surface area contributed by atoms with Crippen molar-refractivity contribution in [2.75, 3.05) is 0 Å². The predicted octanol–water partition coefficient (Wildman–Crippen LogP) is 4.83. The normalized spacial score (nSPS) is 22.1. The van der Waals surface area contributed by atoms with Crippen LogP contribution in [0.3, 0.4) is 0 Å². The van der Waals surface area contributed by atoms with Crippen LogP contribution in [-0.2, 0) is 9.16 Å². The predicted molar refractivity (Wildman–Crippen MR) is 97.3 cm³/mol. The van der Waals surface area contributed by atoms with E-state index in [9.17, 15) is 4.79 Å². The molecule has 1 fully saturated rings. The van der Waals surface area contributed by atoms with Gasteiger partial charge < -0.3 is 9.16 Å². The van der Waals surface area contributed by atoms with E-state index in [0.717, 1.165) is 31.4 Å². The molecule has 6 heteroatoms. The average Bonchev–Trinajstić information content (AvgIpc) is 2.33. The zero-order valence-corrected chi connectivity index (χ0v) is 17.1. The molecule has 1 unspecified atom stereocenters. The van der Waals surface area contributed by atoms with Crippen molar-refractivity contribution in [2.45, 2.75) is 97.1 Å². The Hall–Kier alpha value is -0.883. The summed E-state index contributed by atoms with van der Waals surface area (Å²) >= 11 is 0. The van der Waals surface area contributed by atoms with E-state index in [1.54, 1.807) is 0 Å². The topological polar surface area (TPSA) is 59.9 Å². The lowest BCUT2D eigenvalue weighted by Gasteiger charge is -2.40. The van der Waals surface area contributed by atoms with Crippen LogP contribution >= 0.6 is 0 Å². The summed E-state index contributed by atoms with van der Waals surface area (Å²) in [4.78, 5) is 11.7. The molecule has 0 aromatic carbocycles. The molecule has 0 heterocycles. The van der Waals surface area contributed by atoms with Crippen LogP contribution in [0.4, 0.5) is 4.79 Å². The molecule has 0 spiro atoms. The van der Waals surface area contributed by atoms with Crippen molar-refractivity contribution in [3.63, 3.8) is 0 Å². The van der Waals surface area contributed by atoms with Gasteiger partial charge in [0.25, 0.3) is 0 Å². The number of amides is 1. The minimum atomic E-state index is -1.77. The maximum Gasteiger partial charge on any atom is 0.428 e. The summed E-state index contributed by atoms with van der Waals surface area (Å²) in [7, 11) is -1.77. The summed E-state index contributed by atoms with van der Waals surface area (Å²) in [6.07, 6.45) is 3.53. The average molecular weight is 343 g/mol. The summed E-state index contributed by atoms with van der Waals surface area (Å²) in [6.45, 7) is 16.8. The van der Waals surface area contributed by atoms with Crippen molar-refractivity contribution in [1.82, 2.24) is 5.43 Å². The Morgan fingerprint density at radius 1 is 1.22 bits per heavy atom. The molecule has 23 heavy (non-hydrogen) atoms. The van der Waals surface area contributed by atoms with Gasteiger partial charge in [0.05, 0.1) is 6.10 Å². The van der Waals surface area contributed by atoms with E-state index in [1.807, 2.05) is 20.8 Å². The first-order valence-corrected chi connectivity index (χ1v) is 11.4. The third-order valence-electron chi connectivity index (χ3n) is 4.43. The fourth-order valence-corrected chi connectivity index (χ4v) is 3.61. The van der Waals surface area contributed by atoms with Crippen LogP contribution in [-0.4, -0.2) is 31.8 Å². The van der Waals surface area contributed by atoms with Gasteiger partial charge in [-0.25, -0.2) is 10.2 Å². The molecule has 1 atom stereocenters. The summed E-state index contributed by atoms with van der Waals surface area (Å²) in [5.74, 6) is 0. The molecule has 1 rings (SSSR count). The Labute approximate surface area is 142 Å². The smallest absolute Gasteiger partial charge is 0.428 e. The van der Waals surface area contributed by atoms with E-state index in [0.29, 0.717) is 0 Å². The van der Waals surface area contributed by atoms with E-state index in [4.69, 9.17) is 9.16 Å². The minimum absolute atomic E-state index is 0.205. The van der Waals surface area contributed by atoms with Crippen LogP contribution < -0.4 is 5.43 Å².